The van der Waals surface area contributed by atoms with Crippen LogP contribution in [0, 0.1) is 5.82 Å². The third-order valence-corrected chi connectivity index (χ3v) is 4.50. The van der Waals surface area contributed by atoms with Gasteiger partial charge in [-0.2, -0.15) is 18.3 Å². The number of rotatable bonds is 3. The van der Waals surface area contributed by atoms with Crippen molar-refractivity contribution in [2.75, 3.05) is 5.32 Å². The average molecular weight is 448 g/mol. The van der Waals surface area contributed by atoms with Gasteiger partial charge >= 0.3 is 12.3 Å². The quantitative estimate of drug-likeness (QED) is 0.386. The predicted molar refractivity (Wildman–Crippen MR) is 99.7 cm³/mol. The molecule has 0 aliphatic carbocycles. The van der Waals surface area contributed by atoms with Crippen LogP contribution in [-0.2, 0) is 13.2 Å². The molecule has 11 heteroatoms. The van der Waals surface area contributed by atoms with Crippen molar-refractivity contribution >= 4 is 35.0 Å². The Hall–Kier alpha value is -2.78. The molecule has 0 atom stereocenters. The molecule has 0 radical (unpaired) electrons. The smallest absolute Gasteiger partial charge is 0.406 e. The number of halogens is 6. The van der Waals surface area contributed by atoms with Crippen molar-refractivity contribution in [1.82, 2.24) is 9.78 Å². The van der Waals surface area contributed by atoms with Gasteiger partial charge in [0.15, 0.2) is 5.75 Å². The molecule has 0 saturated heterocycles. The monoisotopic (exact) mass is 447 g/mol. The first-order valence-electron chi connectivity index (χ1n) is 7.90. The summed E-state index contributed by atoms with van der Waals surface area (Å²) in [5.74, 6) is -1.52. The average Bonchev–Trinajstić information content (AvgIpc) is 3.00. The standard InChI is InChI=1S/C18H11Cl2F4N3O2/c1-27-8-14(16(26-27)18(22,23)24)29-17(28)25-13-5-3-2-4-10(13)9-6-11(19)15(20)12(21)7-9/h2-8H,1H3,(H,25,28). The van der Waals surface area contributed by atoms with Crippen LogP contribution >= 0.6 is 23.2 Å². The number of hydrogen-bond acceptors (Lipinski definition) is 3. The summed E-state index contributed by atoms with van der Waals surface area (Å²) in [6, 6.07) is 8.71. The summed E-state index contributed by atoms with van der Waals surface area (Å²) in [6.45, 7) is 0. The lowest BCUT2D eigenvalue weighted by Gasteiger charge is -2.13. The van der Waals surface area contributed by atoms with Gasteiger partial charge < -0.3 is 4.74 Å². The van der Waals surface area contributed by atoms with Crippen molar-refractivity contribution in [2.24, 2.45) is 7.05 Å². The lowest BCUT2D eigenvalue weighted by Crippen LogP contribution is -2.19. The van der Waals surface area contributed by atoms with E-state index in [1.54, 1.807) is 18.2 Å². The van der Waals surface area contributed by atoms with Crippen LogP contribution in [0.2, 0.25) is 10.0 Å². The minimum atomic E-state index is -4.80. The number of amides is 1. The number of carbonyl (C=O) groups is 1. The minimum absolute atomic E-state index is 0.0378. The van der Waals surface area contributed by atoms with Crippen molar-refractivity contribution in [1.29, 1.82) is 0 Å². The SMILES string of the molecule is Cn1cc(OC(=O)Nc2ccccc2-c2cc(F)c(Cl)c(Cl)c2)c(C(F)(F)F)n1. The fraction of sp³-hybridized carbons (Fsp3) is 0.111. The molecule has 0 aliphatic heterocycles. The van der Waals surface area contributed by atoms with Gasteiger partial charge in [-0.15, -0.1) is 0 Å². The summed E-state index contributed by atoms with van der Waals surface area (Å²) in [7, 11) is 1.26. The van der Waals surface area contributed by atoms with Crippen molar-refractivity contribution in [3.63, 3.8) is 0 Å². The number of para-hydroxylation sites is 1. The van der Waals surface area contributed by atoms with Crippen LogP contribution in [0.4, 0.5) is 28.0 Å². The highest BCUT2D eigenvalue weighted by Crippen LogP contribution is 2.36. The summed E-state index contributed by atoms with van der Waals surface area (Å²) in [5, 5.41) is 5.30. The number of ether oxygens (including phenoxy) is 1. The van der Waals surface area contributed by atoms with Crippen molar-refractivity contribution < 1.29 is 27.1 Å². The second-order valence-electron chi connectivity index (χ2n) is 5.83. The van der Waals surface area contributed by atoms with E-state index in [4.69, 9.17) is 27.9 Å². The largest absolute Gasteiger partial charge is 0.438 e. The molecule has 0 saturated carbocycles. The maximum absolute atomic E-state index is 13.9. The molecule has 0 unspecified atom stereocenters. The molecule has 29 heavy (non-hydrogen) atoms. The third kappa shape index (κ3) is 4.63. The first-order chi connectivity index (χ1) is 13.6. The molecule has 3 aromatic rings. The Balaban J connectivity index is 1.88. The Bertz CT molecular complexity index is 1060. The maximum Gasteiger partial charge on any atom is 0.438 e. The molecule has 0 fully saturated rings. The van der Waals surface area contributed by atoms with E-state index >= 15 is 0 Å². The number of carbonyl (C=O) groups excluding carboxylic acids is 1. The van der Waals surface area contributed by atoms with Crippen molar-refractivity contribution in [2.45, 2.75) is 6.18 Å². The molecular formula is C18H11Cl2F4N3O2. The van der Waals surface area contributed by atoms with Crippen LogP contribution in [0.15, 0.2) is 42.6 Å². The van der Waals surface area contributed by atoms with Gasteiger partial charge in [-0.3, -0.25) is 10.00 Å². The highest BCUT2D eigenvalue weighted by Gasteiger charge is 2.38. The Morgan fingerprint density at radius 3 is 2.55 bits per heavy atom. The Kier molecular flexibility index (Phi) is 5.72. The Morgan fingerprint density at radius 2 is 1.90 bits per heavy atom. The van der Waals surface area contributed by atoms with E-state index in [2.05, 4.69) is 10.4 Å². The first kappa shape index (κ1) is 20.9. The lowest BCUT2D eigenvalue weighted by molar-refractivity contribution is -0.142. The van der Waals surface area contributed by atoms with Crippen LogP contribution in [0.3, 0.4) is 0 Å². The normalized spacial score (nSPS) is 11.4. The second kappa shape index (κ2) is 7.92. The van der Waals surface area contributed by atoms with Gasteiger partial charge in [0, 0.05) is 12.6 Å². The number of aromatic nitrogens is 2. The van der Waals surface area contributed by atoms with Gasteiger partial charge in [0.05, 0.1) is 21.9 Å². The number of alkyl halides is 3. The summed E-state index contributed by atoms with van der Waals surface area (Å²) in [4.78, 5) is 12.2. The molecule has 1 heterocycles. The summed E-state index contributed by atoms with van der Waals surface area (Å²) in [5.41, 5.74) is -0.531. The van der Waals surface area contributed by atoms with Crippen LogP contribution in [0.5, 0.6) is 5.75 Å². The van der Waals surface area contributed by atoms with E-state index in [1.165, 1.54) is 19.2 Å². The fourth-order valence-corrected chi connectivity index (χ4v) is 2.84. The second-order valence-corrected chi connectivity index (χ2v) is 6.61. The molecule has 0 spiro atoms. The zero-order valence-electron chi connectivity index (χ0n) is 14.5. The van der Waals surface area contributed by atoms with Gasteiger partial charge in [-0.1, -0.05) is 41.4 Å². The predicted octanol–water partition coefficient (Wildman–Crippen LogP) is 6.16. The van der Waals surface area contributed by atoms with E-state index in [0.717, 1.165) is 16.9 Å². The number of benzene rings is 2. The van der Waals surface area contributed by atoms with Crippen LogP contribution < -0.4 is 10.1 Å². The Labute approximate surface area is 171 Å². The highest BCUT2D eigenvalue weighted by atomic mass is 35.5. The Morgan fingerprint density at radius 1 is 1.21 bits per heavy atom. The van der Waals surface area contributed by atoms with Gasteiger partial charge in [0.2, 0.25) is 5.69 Å². The van der Waals surface area contributed by atoms with Crippen molar-refractivity contribution in [3.05, 3.63) is 64.2 Å². The van der Waals surface area contributed by atoms with Gasteiger partial charge in [-0.05, 0) is 23.8 Å². The van der Waals surface area contributed by atoms with Gasteiger partial charge in [0.25, 0.3) is 0 Å². The summed E-state index contributed by atoms with van der Waals surface area (Å²) in [6.07, 6.45) is -5.06. The number of aryl methyl sites for hydroxylation is 1. The van der Waals surface area contributed by atoms with E-state index in [0.29, 0.717) is 11.1 Å². The third-order valence-electron chi connectivity index (χ3n) is 3.72. The zero-order chi connectivity index (χ0) is 21.3. The van der Waals surface area contributed by atoms with E-state index < -0.39 is 29.5 Å². The maximum atomic E-state index is 13.9. The van der Waals surface area contributed by atoms with E-state index in [9.17, 15) is 22.4 Å². The molecular weight excluding hydrogens is 437 g/mol. The molecule has 2 aromatic carbocycles. The minimum Gasteiger partial charge on any atom is -0.406 e. The summed E-state index contributed by atoms with van der Waals surface area (Å²) >= 11 is 11.6. The molecule has 1 N–H and O–H groups in total. The van der Waals surface area contributed by atoms with Gasteiger partial charge in [-0.25, -0.2) is 9.18 Å². The number of hydrogen-bond donors (Lipinski definition) is 1. The molecule has 1 amide bonds. The fourth-order valence-electron chi connectivity index (χ4n) is 2.53. The molecule has 5 nitrogen and oxygen atoms in total. The van der Waals surface area contributed by atoms with Crippen LogP contribution in [-0.4, -0.2) is 15.9 Å². The molecule has 0 aliphatic rings. The van der Waals surface area contributed by atoms with E-state index in [1.807, 2.05) is 0 Å². The van der Waals surface area contributed by atoms with E-state index in [-0.39, 0.29) is 15.7 Å². The first-order valence-corrected chi connectivity index (χ1v) is 8.65. The van der Waals surface area contributed by atoms with Gasteiger partial charge in [0.1, 0.15) is 5.82 Å². The van der Waals surface area contributed by atoms with Crippen LogP contribution in [0.25, 0.3) is 11.1 Å². The molecule has 0 bridgehead atoms. The molecule has 1 aromatic heterocycles. The highest BCUT2D eigenvalue weighted by molar-refractivity contribution is 6.42. The number of nitrogens with zero attached hydrogens (tertiary/aromatic N) is 2. The topological polar surface area (TPSA) is 56.1 Å². The molecule has 152 valence electrons. The molecule has 3 rings (SSSR count). The van der Waals surface area contributed by atoms with Crippen LogP contribution in [0.1, 0.15) is 5.69 Å². The number of anilines is 1. The van der Waals surface area contributed by atoms with Crippen molar-refractivity contribution in [3.8, 4) is 16.9 Å². The number of nitrogens with one attached hydrogen (secondary N) is 1. The zero-order valence-corrected chi connectivity index (χ0v) is 16.0. The summed E-state index contributed by atoms with van der Waals surface area (Å²) < 4.78 is 58.5. The lowest BCUT2D eigenvalue weighted by atomic mass is 10.0.